The number of nitrogens with zero attached hydrogens (tertiary/aromatic N) is 1. The molecular weight excluding hydrogens is 262 g/mol. The fourth-order valence-corrected chi connectivity index (χ4v) is 3.90. The summed E-state index contributed by atoms with van der Waals surface area (Å²) in [5.74, 6) is 0.775. The Hall–Kier alpha value is -1.29. The van der Waals surface area contributed by atoms with E-state index < -0.39 is 0 Å². The molecule has 4 heteroatoms. The van der Waals surface area contributed by atoms with E-state index in [1.807, 2.05) is 12.3 Å². The molecule has 2 fully saturated rings. The van der Waals surface area contributed by atoms with Crippen LogP contribution in [0.5, 0.6) is 0 Å². The topological polar surface area (TPSA) is 48.1 Å². The smallest absolute Gasteiger partial charge is 0.229 e. The molecule has 0 saturated carbocycles. The van der Waals surface area contributed by atoms with Crippen LogP contribution in [0.15, 0.2) is 18.3 Å². The van der Waals surface area contributed by atoms with Gasteiger partial charge in [-0.1, -0.05) is 13.8 Å². The van der Waals surface area contributed by atoms with Crippen LogP contribution < -0.4 is 5.32 Å². The van der Waals surface area contributed by atoms with Gasteiger partial charge in [-0.3, -0.25) is 4.79 Å². The van der Waals surface area contributed by atoms with Gasteiger partial charge in [0.15, 0.2) is 0 Å². The summed E-state index contributed by atoms with van der Waals surface area (Å²) in [5.41, 5.74) is 0.904. The summed E-state index contributed by atoms with van der Waals surface area (Å²) in [7, 11) is 0. The molecule has 0 bridgehead atoms. The van der Waals surface area contributed by atoms with Crippen molar-refractivity contribution in [2.75, 3.05) is 19.6 Å². The SMILES string of the molecule is CC(C)(C(=O)N1CCCC1c1ccc[nH]1)C1CCCNC1. The molecule has 4 nitrogen and oxygen atoms in total. The van der Waals surface area contributed by atoms with Crippen molar-refractivity contribution < 1.29 is 4.79 Å². The zero-order valence-corrected chi connectivity index (χ0v) is 13.2. The summed E-state index contributed by atoms with van der Waals surface area (Å²) in [4.78, 5) is 18.6. The quantitative estimate of drug-likeness (QED) is 0.899. The first-order chi connectivity index (χ1) is 10.1. The number of rotatable bonds is 3. The number of carbonyl (C=O) groups excluding carboxylic acids is 1. The molecule has 2 unspecified atom stereocenters. The number of carbonyl (C=O) groups is 1. The molecule has 1 aromatic rings. The first-order valence-electron chi connectivity index (χ1n) is 8.26. The first kappa shape index (κ1) is 14.6. The lowest BCUT2D eigenvalue weighted by Crippen LogP contribution is -2.48. The lowest BCUT2D eigenvalue weighted by molar-refractivity contribution is -0.145. The van der Waals surface area contributed by atoms with Gasteiger partial charge >= 0.3 is 0 Å². The lowest BCUT2D eigenvalue weighted by Gasteiger charge is -2.40. The second-order valence-corrected chi connectivity index (χ2v) is 7.05. The Balaban J connectivity index is 1.76. The predicted octanol–water partition coefficient (Wildman–Crippen LogP) is 2.70. The van der Waals surface area contributed by atoms with Gasteiger partial charge in [-0.05, 0) is 56.8 Å². The zero-order valence-electron chi connectivity index (χ0n) is 13.2. The molecule has 2 aliphatic heterocycles. The van der Waals surface area contributed by atoms with Gasteiger partial charge in [0.05, 0.1) is 6.04 Å². The van der Waals surface area contributed by atoms with Gasteiger partial charge in [0.25, 0.3) is 0 Å². The second-order valence-electron chi connectivity index (χ2n) is 7.05. The fourth-order valence-electron chi connectivity index (χ4n) is 3.90. The number of likely N-dealkylation sites (tertiary alicyclic amines) is 1. The summed E-state index contributed by atoms with van der Waals surface area (Å²) in [6.45, 7) is 7.23. The Morgan fingerprint density at radius 3 is 2.86 bits per heavy atom. The van der Waals surface area contributed by atoms with Gasteiger partial charge in [0.1, 0.15) is 0 Å². The largest absolute Gasteiger partial charge is 0.363 e. The average Bonchev–Trinajstić information content (AvgIpc) is 3.18. The Kier molecular flexibility index (Phi) is 4.07. The number of hydrogen-bond acceptors (Lipinski definition) is 2. The molecule has 2 aliphatic rings. The van der Waals surface area contributed by atoms with Gasteiger partial charge in [0.2, 0.25) is 5.91 Å². The minimum atomic E-state index is -0.275. The van der Waals surface area contributed by atoms with E-state index in [2.05, 4.69) is 35.1 Å². The third kappa shape index (κ3) is 2.73. The molecule has 0 aromatic carbocycles. The van der Waals surface area contributed by atoms with Crippen LogP contribution in [-0.2, 0) is 4.79 Å². The highest BCUT2D eigenvalue weighted by molar-refractivity contribution is 5.83. The van der Waals surface area contributed by atoms with Crippen molar-refractivity contribution in [1.29, 1.82) is 0 Å². The minimum absolute atomic E-state index is 0.239. The van der Waals surface area contributed by atoms with E-state index in [0.29, 0.717) is 11.8 Å². The van der Waals surface area contributed by atoms with Crippen LogP contribution in [0.25, 0.3) is 0 Å². The molecule has 3 heterocycles. The molecule has 116 valence electrons. The number of piperidine rings is 1. The summed E-state index contributed by atoms with van der Waals surface area (Å²) in [5, 5.41) is 3.45. The van der Waals surface area contributed by atoms with Crippen LogP contribution in [-0.4, -0.2) is 35.4 Å². The van der Waals surface area contributed by atoms with Crippen LogP contribution >= 0.6 is 0 Å². The normalized spacial score (nSPS) is 27.0. The van der Waals surface area contributed by atoms with Crippen molar-refractivity contribution in [3.8, 4) is 0 Å². The summed E-state index contributed by atoms with van der Waals surface area (Å²) < 4.78 is 0. The number of amides is 1. The zero-order chi connectivity index (χ0) is 14.9. The highest BCUT2D eigenvalue weighted by Gasteiger charge is 2.43. The maximum absolute atomic E-state index is 13.2. The van der Waals surface area contributed by atoms with E-state index >= 15 is 0 Å². The molecular formula is C17H27N3O. The second kappa shape index (κ2) is 5.84. The van der Waals surface area contributed by atoms with Crippen molar-refractivity contribution in [2.45, 2.75) is 45.6 Å². The summed E-state index contributed by atoms with van der Waals surface area (Å²) in [6, 6.07) is 4.36. The molecule has 3 rings (SSSR count). The van der Waals surface area contributed by atoms with E-state index in [4.69, 9.17) is 0 Å². The molecule has 0 aliphatic carbocycles. The highest BCUT2D eigenvalue weighted by Crippen LogP contribution is 2.39. The molecule has 21 heavy (non-hydrogen) atoms. The van der Waals surface area contributed by atoms with E-state index in [1.54, 1.807) is 0 Å². The van der Waals surface area contributed by atoms with Crippen molar-refractivity contribution >= 4 is 5.91 Å². The monoisotopic (exact) mass is 289 g/mol. The molecule has 0 spiro atoms. The van der Waals surface area contributed by atoms with Crippen molar-refractivity contribution in [2.24, 2.45) is 11.3 Å². The number of aromatic amines is 1. The third-order valence-electron chi connectivity index (χ3n) is 5.36. The van der Waals surface area contributed by atoms with Crippen LogP contribution in [0.4, 0.5) is 0 Å². The molecule has 1 aromatic heterocycles. The Morgan fingerprint density at radius 1 is 1.33 bits per heavy atom. The van der Waals surface area contributed by atoms with Crippen LogP contribution in [0.1, 0.15) is 51.3 Å². The van der Waals surface area contributed by atoms with E-state index in [1.165, 1.54) is 12.1 Å². The first-order valence-corrected chi connectivity index (χ1v) is 8.26. The average molecular weight is 289 g/mol. The van der Waals surface area contributed by atoms with Gasteiger partial charge in [-0.2, -0.15) is 0 Å². The minimum Gasteiger partial charge on any atom is -0.363 e. The Bertz CT molecular complexity index is 474. The van der Waals surface area contributed by atoms with Gasteiger partial charge < -0.3 is 15.2 Å². The van der Waals surface area contributed by atoms with Crippen molar-refractivity contribution in [1.82, 2.24) is 15.2 Å². The molecule has 0 radical (unpaired) electrons. The third-order valence-corrected chi connectivity index (χ3v) is 5.36. The van der Waals surface area contributed by atoms with Crippen molar-refractivity contribution in [3.63, 3.8) is 0 Å². The van der Waals surface area contributed by atoms with Crippen LogP contribution in [0.2, 0.25) is 0 Å². The van der Waals surface area contributed by atoms with Gasteiger partial charge in [0, 0.05) is 23.9 Å². The highest BCUT2D eigenvalue weighted by atomic mass is 16.2. The van der Waals surface area contributed by atoms with E-state index in [-0.39, 0.29) is 11.5 Å². The fraction of sp³-hybridized carbons (Fsp3) is 0.706. The maximum atomic E-state index is 13.2. The number of hydrogen-bond donors (Lipinski definition) is 2. The summed E-state index contributed by atoms with van der Waals surface area (Å²) in [6.07, 6.45) is 6.47. The molecule has 2 saturated heterocycles. The van der Waals surface area contributed by atoms with Crippen molar-refractivity contribution in [3.05, 3.63) is 24.0 Å². The van der Waals surface area contributed by atoms with E-state index in [0.717, 1.165) is 38.9 Å². The van der Waals surface area contributed by atoms with Crippen LogP contribution in [0.3, 0.4) is 0 Å². The summed E-state index contributed by atoms with van der Waals surface area (Å²) >= 11 is 0. The van der Waals surface area contributed by atoms with Gasteiger partial charge in [-0.25, -0.2) is 0 Å². The number of aromatic nitrogens is 1. The maximum Gasteiger partial charge on any atom is 0.229 e. The van der Waals surface area contributed by atoms with Crippen LogP contribution in [0, 0.1) is 11.3 Å². The Morgan fingerprint density at radius 2 is 2.19 bits per heavy atom. The Labute approximate surface area is 127 Å². The standard InChI is InChI=1S/C17H27N3O/c1-17(2,13-6-3-9-18-12-13)16(21)20-11-5-8-15(20)14-7-4-10-19-14/h4,7,10,13,15,18-19H,3,5-6,8-9,11-12H2,1-2H3. The lowest BCUT2D eigenvalue weighted by atomic mass is 9.74. The molecule has 2 atom stereocenters. The van der Waals surface area contributed by atoms with E-state index in [9.17, 15) is 4.79 Å². The molecule has 1 amide bonds. The number of nitrogens with one attached hydrogen (secondary N) is 2. The molecule has 2 N–H and O–H groups in total. The van der Waals surface area contributed by atoms with Gasteiger partial charge in [-0.15, -0.1) is 0 Å². The number of H-pyrrole nitrogens is 1. The predicted molar refractivity (Wildman–Crippen MR) is 83.9 cm³/mol.